The van der Waals surface area contributed by atoms with Crippen LogP contribution < -0.4 is 10.3 Å². The van der Waals surface area contributed by atoms with Crippen LogP contribution in [0.25, 0.3) is 11.3 Å². The van der Waals surface area contributed by atoms with E-state index >= 15 is 4.39 Å². The van der Waals surface area contributed by atoms with E-state index in [1.807, 2.05) is 30.3 Å². The fourth-order valence-corrected chi connectivity index (χ4v) is 3.56. The molecule has 0 fully saturated rings. The molecule has 0 spiro atoms. The highest BCUT2D eigenvalue weighted by atomic mass is 35.5. The number of benzene rings is 2. The highest BCUT2D eigenvalue weighted by Crippen LogP contribution is 2.35. The first-order valence-corrected chi connectivity index (χ1v) is 10.3. The lowest BCUT2D eigenvalue weighted by molar-refractivity contribution is 0.0523. The molecule has 3 aromatic rings. The third kappa shape index (κ3) is 4.80. The summed E-state index contributed by atoms with van der Waals surface area (Å²) in [4.78, 5) is 25.4. The Kier molecular flexibility index (Phi) is 7.13. The van der Waals surface area contributed by atoms with Gasteiger partial charge in [-0.05, 0) is 44.5 Å². The summed E-state index contributed by atoms with van der Waals surface area (Å²) in [5, 5.41) is -0.104. The van der Waals surface area contributed by atoms with Crippen molar-refractivity contribution in [2.45, 2.75) is 33.4 Å². The molecule has 0 atom stereocenters. The predicted octanol–water partition coefficient (Wildman–Crippen LogP) is 5.64. The van der Waals surface area contributed by atoms with E-state index in [1.54, 1.807) is 26.8 Å². The van der Waals surface area contributed by atoms with E-state index in [2.05, 4.69) is 0 Å². The normalized spacial score (nSPS) is 10.9. The molecular weight excluding hydrogens is 421 g/mol. The van der Waals surface area contributed by atoms with E-state index in [0.717, 1.165) is 5.56 Å². The smallest absolute Gasteiger partial charge is 0.345 e. The number of rotatable bonds is 7. The lowest BCUT2D eigenvalue weighted by Crippen LogP contribution is -2.30. The predicted molar refractivity (Wildman–Crippen MR) is 118 cm³/mol. The van der Waals surface area contributed by atoms with Crippen LogP contribution in [0.15, 0.2) is 59.4 Å². The molecule has 5 nitrogen and oxygen atoms in total. The minimum absolute atomic E-state index is 0.0986. The fraction of sp³-hybridized carbons (Fsp3) is 0.250. The van der Waals surface area contributed by atoms with Gasteiger partial charge in [-0.3, -0.25) is 4.79 Å². The van der Waals surface area contributed by atoms with Gasteiger partial charge in [-0.25, -0.2) is 9.18 Å². The summed E-state index contributed by atoms with van der Waals surface area (Å²) in [6, 6.07) is 14.9. The van der Waals surface area contributed by atoms with E-state index in [0.29, 0.717) is 0 Å². The van der Waals surface area contributed by atoms with Gasteiger partial charge in [0, 0.05) is 6.04 Å². The van der Waals surface area contributed by atoms with Crippen molar-refractivity contribution >= 4 is 17.6 Å². The van der Waals surface area contributed by atoms with E-state index in [4.69, 9.17) is 21.1 Å². The SMILES string of the molecule is CCOC(=O)c1c(Cl)cc(-c2c(F)cccc2OCc2ccccc2)n(C(C)C)c1=O. The van der Waals surface area contributed by atoms with E-state index < -0.39 is 17.3 Å². The zero-order valence-corrected chi connectivity index (χ0v) is 18.3. The van der Waals surface area contributed by atoms with Gasteiger partial charge in [-0.1, -0.05) is 48.0 Å². The third-order valence-electron chi connectivity index (χ3n) is 4.66. The highest BCUT2D eigenvalue weighted by Gasteiger charge is 2.25. The van der Waals surface area contributed by atoms with Gasteiger partial charge in [0.05, 0.1) is 22.9 Å². The molecule has 162 valence electrons. The van der Waals surface area contributed by atoms with Crippen molar-refractivity contribution in [1.82, 2.24) is 4.57 Å². The van der Waals surface area contributed by atoms with Gasteiger partial charge < -0.3 is 14.0 Å². The van der Waals surface area contributed by atoms with Crippen LogP contribution in [0.2, 0.25) is 5.02 Å². The fourth-order valence-electron chi connectivity index (χ4n) is 3.30. The summed E-state index contributed by atoms with van der Waals surface area (Å²) >= 11 is 6.29. The van der Waals surface area contributed by atoms with Crippen molar-refractivity contribution in [3.63, 3.8) is 0 Å². The van der Waals surface area contributed by atoms with Crippen molar-refractivity contribution in [3.8, 4) is 17.0 Å². The number of halogens is 2. The first kappa shape index (κ1) is 22.6. The topological polar surface area (TPSA) is 57.5 Å². The van der Waals surface area contributed by atoms with E-state index in [9.17, 15) is 9.59 Å². The van der Waals surface area contributed by atoms with E-state index in [-0.39, 0.29) is 46.8 Å². The Labute approximate surface area is 185 Å². The largest absolute Gasteiger partial charge is 0.488 e. The summed E-state index contributed by atoms with van der Waals surface area (Å²) in [5.74, 6) is -1.12. The molecule has 0 unspecified atom stereocenters. The number of pyridine rings is 1. The molecule has 0 amide bonds. The standard InChI is InChI=1S/C24H23ClFNO4/c1-4-30-24(29)21-17(25)13-19(27(15(2)3)23(21)28)22-18(26)11-8-12-20(22)31-14-16-9-6-5-7-10-16/h5-13,15H,4,14H2,1-3H3. The van der Waals surface area contributed by atoms with Crippen LogP contribution in [0.1, 0.15) is 42.7 Å². The molecule has 0 saturated heterocycles. The second kappa shape index (κ2) is 9.79. The van der Waals surface area contributed by atoms with Crippen LogP contribution in [-0.2, 0) is 11.3 Å². The molecule has 0 saturated carbocycles. The van der Waals surface area contributed by atoms with E-state index in [1.165, 1.54) is 22.8 Å². The van der Waals surface area contributed by atoms with Gasteiger partial charge in [0.1, 0.15) is 23.7 Å². The summed E-state index contributed by atoms with van der Waals surface area (Å²) in [7, 11) is 0. The van der Waals surface area contributed by atoms with Crippen molar-refractivity contribution in [3.05, 3.63) is 86.9 Å². The van der Waals surface area contributed by atoms with Crippen molar-refractivity contribution in [1.29, 1.82) is 0 Å². The highest BCUT2D eigenvalue weighted by molar-refractivity contribution is 6.33. The molecule has 2 aromatic carbocycles. The maximum atomic E-state index is 15.0. The third-order valence-corrected chi connectivity index (χ3v) is 4.96. The van der Waals surface area contributed by atoms with Gasteiger partial charge in [-0.2, -0.15) is 0 Å². The summed E-state index contributed by atoms with van der Waals surface area (Å²) < 4.78 is 27.2. The molecule has 0 aliphatic heterocycles. The summed E-state index contributed by atoms with van der Waals surface area (Å²) in [5.41, 5.74) is 0.313. The zero-order valence-electron chi connectivity index (χ0n) is 17.5. The zero-order chi connectivity index (χ0) is 22.5. The quantitative estimate of drug-likeness (QED) is 0.443. The van der Waals surface area contributed by atoms with Gasteiger partial charge in [0.2, 0.25) is 0 Å². The number of esters is 1. The first-order chi connectivity index (χ1) is 14.8. The van der Waals surface area contributed by atoms with Gasteiger partial charge in [0.25, 0.3) is 5.56 Å². The van der Waals surface area contributed by atoms with Gasteiger partial charge in [-0.15, -0.1) is 0 Å². The number of nitrogens with zero attached hydrogens (tertiary/aromatic N) is 1. The molecule has 0 aliphatic rings. The molecule has 31 heavy (non-hydrogen) atoms. The lowest BCUT2D eigenvalue weighted by atomic mass is 10.1. The Morgan fingerprint density at radius 2 is 1.84 bits per heavy atom. The number of aromatic nitrogens is 1. The molecule has 0 N–H and O–H groups in total. The molecule has 3 rings (SSSR count). The second-order valence-corrected chi connectivity index (χ2v) is 7.54. The van der Waals surface area contributed by atoms with Crippen LogP contribution in [0.3, 0.4) is 0 Å². The molecule has 0 radical (unpaired) electrons. The second-order valence-electron chi connectivity index (χ2n) is 7.13. The van der Waals surface area contributed by atoms with Crippen LogP contribution in [-0.4, -0.2) is 17.1 Å². The number of ether oxygens (including phenoxy) is 2. The van der Waals surface area contributed by atoms with Crippen LogP contribution in [0.4, 0.5) is 4.39 Å². The molecule has 0 bridgehead atoms. The summed E-state index contributed by atoms with van der Waals surface area (Å²) in [6.07, 6.45) is 0. The minimum Gasteiger partial charge on any atom is -0.488 e. The Hall–Kier alpha value is -3.12. The Morgan fingerprint density at radius 1 is 1.13 bits per heavy atom. The molecule has 0 aliphatic carbocycles. The monoisotopic (exact) mass is 443 g/mol. The maximum absolute atomic E-state index is 15.0. The van der Waals surface area contributed by atoms with Crippen molar-refractivity contribution in [2.24, 2.45) is 0 Å². The Bertz CT molecular complexity index is 1140. The maximum Gasteiger partial charge on any atom is 0.345 e. The summed E-state index contributed by atoms with van der Waals surface area (Å²) in [6.45, 7) is 5.48. The van der Waals surface area contributed by atoms with Crippen molar-refractivity contribution < 1.29 is 18.7 Å². The molecule has 7 heteroatoms. The number of hydrogen-bond donors (Lipinski definition) is 0. The number of hydrogen-bond acceptors (Lipinski definition) is 4. The van der Waals surface area contributed by atoms with Gasteiger partial charge in [0.15, 0.2) is 0 Å². The molecule has 1 aromatic heterocycles. The number of carbonyl (C=O) groups is 1. The Balaban J connectivity index is 2.16. The molecular formula is C24H23ClFNO4. The van der Waals surface area contributed by atoms with Crippen LogP contribution in [0.5, 0.6) is 5.75 Å². The average molecular weight is 444 g/mol. The average Bonchev–Trinajstić information content (AvgIpc) is 2.72. The van der Waals surface area contributed by atoms with Crippen LogP contribution in [0, 0.1) is 5.82 Å². The van der Waals surface area contributed by atoms with Crippen LogP contribution >= 0.6 is 11.6 Å². The molecule has 1 heterocycles. The minimum atomic E-state index is -0.812. The first-order valence-electron chi connectivity index (χ1n) is 9.92. The number of carbonyl (C=O) groups excluding carboxylic acids is 1. The Morgan fingerprint density at radius 3 is 2.48 bits per heavy atom. The van der Waals surface area contributed by atoms with Crippen molar-refractivity contribution in [2.75, 3.05) is 6.61 Å². The van der Waals surface area contributed by atoms with Gasteiger partial charge >= 0.3 is 5.97 Å². The lowest BCUT2D eigenvalue weighted by Gasteiger charge is -2.21.